The van der Waals surface area contributed by atoms with E-state index in [0.717, 1.165) is 51.0 Å². The second kappa shape index (κ2) is 11.7. The van der Waals surface area contributed by atoms with Gasteiger partial charge in [0.05, 0.1) is 6.61 Å². The lowest BCUT2D eigenvalue weighted by Crippen LogP contribution is -2.42. The number of benzene rings is 1. The zero-order chi connectivity index (χ0) is 15.6. The number of unbranched alkanes of at least 4 members (excludes halogenated alkanes) is 1. The molecule has 1 aliphatic heterocycles. The first-order chi connectivity index (χ1) is 10.8. The van der Waals surface area contributed by atoms with Gasteiger partial charge < -0.3 is 15.4 Å². The van der Waals surface area contributed by atoms with Crippen molar-refractivity contribution < 1.29 is 4.74 Å². The lowest BCUT2D eigenvalue weighted by Gasteiger charge is -2.31. The lowest BCUT2D eigenvalue weighted by atomic mass is 10.00. The van der Waals surface area contributed by atoms with Crippen molar-refractivity contribution in [1.29, 1.82) is 0 Å². The number of rotatable bonds is 7. The number of hydrogen-bond acceptors (Lipinski definition) is 2. The molecule has 0 unspecified atom stereocenters. The minimum absolute atomic E-state index is 0. The Morgan fingerprint density at radius 1 is 1.22 bits per heavy atom. The molecule has 0 aliphatic carbocycles. The van der Waals surface area contributed by atoms with Crippen molar-refractivity contribution in [2.24, 2.45) is 16.6 Å². The molecule has 4 nitrogen and oxygen atoms in total. The molecule has 0 bridgehead atoms. The standard InChI is InChI=1S/C18H29N3O.HI/c1-16-9-12-21(13-10-16)18(19)20-11-5-6-14-22-15-17-7-3-2-4-8-17;/h2-4,7-8,16H,5-6,9-15H2,1H3,(H2,19,20);1H. The Bertz CT molecular complexity index is 445. The summed E-state index contributed by atoms with van der Waals surface area (Å²) in [6, 6.07) is 10.3. The maximum Gasteiger partial charge on any atom is 0.191 e. The van der Waals surface area contributed by atoms with Gasteiger partial charge in [0, 0.05) is 26.2 Å². The molecule has 1 saturated heterocycles. The minimum Gasteiger partial charge on any atom is -0.377 e. The number of aliphatic imine (C=N–C) groups is 1. The van der Waals surface area contributed by atoms with Crippen molar-refractivity contribution in [3.8, 4) is 0 Å². The molecule has 130 valence electrons. The van der Waals surface area contributed by atoms with Crippen LogP contribution in [0.2, 0.25) is 0 Å². The number of guanidine groups is 1. The van der Waals surface area contributed by atoms with Crippen molar-refractivity contribution in [3.63, 3.8) is 0 Å². The minimum atomic E-state index is 0. The fourth-order valence-electron chi connectivity index (χ4n) is 2.61. The summed E-state index contributed by atoms with van der Waals surface area (Å²) >= 11 is 0. The van der Waals surface area contributed by atoms with Crippen molar-refractivity contribution in [3.05, 3.63) is 35.9 Å². The molecule has 0 aromatic heterocycles. The van der Waals surface area contributed by atoms with Crippen LogP contribution in [0, 0.1) is 5.92 Å². The van der Waals surface area contributed by atoms with Crippen LogP contribution >= 0.6 is 24.0 Å². The summed E-state index contributed by atoms with van der Waals surface area (Å²) in [5, 5.41) is 0. The van der Waals surface area contributed by atoms with E-state index >= 15 is 0 Å². The van der Waals surface area contributed by atoms with E-state index < -0.39 is 0 Å². The van der Waals surface area contributed by atoms with E-state index in [9.17, 15) is 0 Å². The topological polar surface area (TPSA) is 50.8 Å². The number of halogens is 1. The molecule has 1 aromatic carbocycles. The SMILES string of the molecule is CC1CCN(C(N)=NCCCCOCc2ccccc2)CC1.I. The van der Waals surface area contributed by atoms with Gasteiger partial charge in [0.2, 0.25) is 0 Å². The van der Waals surface area contributed by atoms with E-state index in [-0.39, 0.29) is 24.0 Å². The van der Waals surface area contributed by atoms with Crippen LogP contribution in [0.1, 0.15) is 38.2 Å². The summed E-state index contributed by atoms with van der Waals surface area (Å²) in [5.41, 5.74) is 7.28. The summed E-state index contributed by atoms with van der Waals surface area (Å²) < 4.78 is 5.66. The highest BCUT2D eigenvalue weighted by atomic mass is 127. The number of piperidine rings is 1. The van der Waals surface area contributed by atoms with E-state index in [2.05, 4.69) is 28.9 Å². The molecular formula is C18H30IN3O. The summed E-state index contributed by atoms with van der Waals surface area (Å²) in [7, 11) is 0. The predicted molar refractivity (Wildman–Crippen MR) is 107 cm³/mol. The largest absolute Gasteiger partial charge is 0.377 e. The van der Waals surface area contributed by atoms with E-state index in [1.807, 2.05) is 18.2 Å². The number of likely N-dealkylation sites (tertiary alicyclic amines) is 1. The zero-order valence-corrected chi connectivity index (χ0v) is 16.4. The van der Waals surface area contributed by atoms with Gasteiger partial charge in [-0.25, -0.2) is 0 Å². The molecule has 23 heavy (non-hydrogen) atoms. The summed E-state index contributed by atoms with van der Waals surface area (Å²) in [6.45, 7) is 6.68. The first kappa shape index (κ1) is 20.2. The highest BCUT2D eigenvalue weighted by molar-refractivity contribution is 14.0. The van der Waals surface area contributed by atoms with Gasteiger partial charge in [-0.15, -0.1) is 24.0 Å². The second-order valence-electron chi connectivity index (χ2n) is 6.15. The molecule has 5 heteroatoms. The highest BCUT2D eigenvalue weighted by Crippen LogP contribution is 2.15. The van der Waals surface area contributed by atoms with Crippen LogP contribution in [0.5, 0.6) is 0 Å². The van der Waals surface area contributed by atoms with E-state index in [1.165, 1.54) is 18.4 Å². The smallest absolute Gasteiger partial charge is 0.191 e. The van der Waals surface area contributed by atoms with Gasteiger partial charge in [0.1, 0.15) is 0 Å². The predicted octanol–water partition coefficient (Wildman–Crippen LogP) is 3.65. The molecule has 1 heterocycles. The fraction of sp³-hybridized carbons (Fsp3) is 0.611. The van der Waals surface area contributed by atoms with Gasteiger partial charge in [-0.3, -0.25) is 4.99 Å². The molecule has 2 rings (SSSR count). The Morgan fingerprint density at radius 2 is 1.91 bits per heavy atom. The lowest BCUT2D eigenvalue weighted by molar-refractivity contribution is 0.117. The van der Waals surface area contributed by atoms with E-state index in [0.29, 0.717) is 6.61 Å². The van der Waals surface area contributed by atoms with Crippen LogP contribution in [0.4, 0.5) is 0 Å². The third kappa shape index (κ3) is 8.01. The fourth-order valence-corrected chi connectivity index (χ4v) is 2.61. The summed E-state index contributed by atoms with van der Waals surface area (Å²) in [4.78, 5) is 6.71. The maximum absolute atomic E-state index is 6.06. The monoisotopic (exact) mass is 431 g/mol. The number of nitrogens with zero attached hydrogens (tertiary/aromatic N) is 2. The van der Waals surface area contributed by atoms with Crippen molar-refractivity contribution in [2.45, 2.75) is 39.2 Å². The van der Waals surface area contributed by atoms with Crippen LogP contribution in [-0.4, -0.2) is 37.1 Å². The van der Waals surface area contributed by atoms with Crippen LogP contribution in [0.25, 0.3) is 0 Å². The Morgan fingerprint density at radius 3 is 2.61 bits per heavy atom. The number of nitrogens with two attached hydrogens (primary N) is 1. The first-order valence-corrected chi connectivity index (χ1v) is 8.42. The highest BCUT2D eigenvalue weighted by Gasteiger charge is 2.16. The van der Waals surface area contributed by atoms with Crippen LogP contribution in [-0.2, 0) is 11.3 Å². The molecular weight excluding hydrogens is 401 g/mol. The third-order valence-corrected chi connectivity index (χ3v) is 4.19. The van der Waals surface area contributed by atoms with Gasteiger partial charge in [-0.05, 0) is 37.2 Å². The molecule has 0 radical (unpaired) electrons. The van der Waals surface area contributed by atoms with Crippen molar-refractivity contribution >= 4 is 29.9 Å². The average Bonchev–Trinajstić information content (AvgIpc) is 2.55. The normalized spacial score (nSPS) is 16.2. The molecule has 0 spiro atoms. The molecule has 0 atom stereocenters. The molecule has 1 aromatic rings. The van der Waals surface area contributed by atoms with Crippen molar-refractivity contribution in [2.75, 3.05) is 26.2 Å². The van der Waals surface area contributed by atoms with Crippen LogP contribution in [0.15, 0.2) is 35.3 Å². The van der Waals surface area contributed by atoms with Gasteiger partial charge in [0.15, 0.2) is 5.96 Å². The van der Waals surface area contributed by atoms with Crippen LogP contribution < -0.4 is 5.73 Å². The van der Waals surface area contributed by atoms with Gasteiger partial charge in [-0.1, -0.05) is 37.3 Å². The Balaban J connectivity index is 0.00000264. The van der Waals surface area contributed by atoms with Gasteiger partial charge in [-0.2, -0.15) is 0 Å². The first-order valence-electron chi connectivity index (χ1n) is 8.42. The summed E-state index contributed by atoms with van der Waals surface area (Å²) in [5.74, 6) is 1.54. The molecule has 1 aliphatic rings. The molecule has 1 fully saturated rings. The van der Waals surface area contributed by atoms with Gasteiger partial charge in [0.25, 0.3) is 0 Å². The van der Waals surface area contributed by atoms with Crippen molar-refractivity contribution in [1.82, 2.24) is 4.90 Å². The Kier molecular flexibility index (Phi) is 10.3. The number of ether oxygens (including phenoxy) is 1. The molecule has 0 amide bonds. The maximum atomic E-state index is 6.06. The average molecular weight is 431 g/mol. The van der Waals surface area contributed by atoms with Crippen LogP contribution in [0.3, 0.4) is 0 Å². The molecule has 0 saturated carbocycles. The Hall–Kier alpha value is -0.820. The third-order valence-electron chi connectivity index (χ3n) is 4.19. The molecule has 2 N–H and O–H groups in total. The quantitative estimate of drug-likeness (QED) is 0.310. The Labute approximate surface area is 157 Å². The van der Waals surface area contributed by atoms with E-state index in [4.69, 9.17) is 10.5 Å². The second-order valence-corrected chi connectivity index (χ2v) is 6.15. The van der Waals surface area contributed by atoms with E-state index in [1.54, 1.807) is 0 Å². The number of hydrogen-bond donors (Lipinski definition) is 1. The summed E-state index contributed by atoms with van der Waals surface area (Å²) in [6.07, 6.45) is 4.51. The zero-order valence-electron chi connectivity index (χ0n) is 14.1. The van der Waals surface area contributed by atoms with Gasteiger partial charge >= 0.3 is 0 Å².